The zero-order chi connectivity index (χ0) is 21.3. The fourth-order valence-corrected chi connectivity index (χ4v) is 8.27. The van der Waals surface area contributed by atoms with Gasteiger partial charge in [0.05, 0.1) is 13.2 Å². The van der Waals surface area contributed by atoms with E-state index in [4.69, 9.17) is 9.53 Å². The first-order valence-corrected chi connectivity index (χ1v) is 12.4. The molecule has 0 bridgehead atoms. The SMILES string of the molecule is C/C(=C/CC/C(C)=C/CO[Si](c1ccccc1)(c1ccccc1)C(C)(C)C)CO. The highest BCUT2D eigenvalue weighted by Crippen LogP contribution is 2.36. The highest BCUT2D eigenvalue weighted by atomic mass is 28.4. The van der Waals surface area contributed by atoms with E-state index in [2.05, 4.69) is 101 Å². The minimum Gasteiger partial charge on any atom is -0.404 e. The Kier molecular flexibility index (Phi) is 8.63. The van der Waals surface area contributed by atoms with Crippen LogP contribution in [0.15, 0.2) is 84.0 Å². The van der Waals surface area contributed by atoms with E-state index in [0.29, 0.717) is 6.61 Å². The molecule has 29 heavy (non-hydrogen) atoms. The third-order valence-electron chi connectivity index (χ3n) is 5.43. The summed E-state index contributed by atoms with van der Waals surface area (Å²) in [6, 6.07) is 21.5. The first-order valence-electron chi connectivity index (χ1n) is 10.5. The van der Waals surface area contributed by atoms with Crippen molar-refractivity contribution in [3.8, 4) is 0 Å². The fourth-order valence-electron chi connectivity index (χ4n) is 3.78. The van der Waals surface area contributed by atoms with Crippen LogP contribution in [-0.2, 0) is 4.43 Å². The van der Waals surface area contributed by atoms with Gasteiger partial charge in [-0.25, -0.2) is 0 Å². The summed E-state index contributed by atoms with van der Waals surface area (Å²) in [7, 11) is -2.46. The monoisotopic (exact) mass is 408 g/mol. The normalized spacial score (nSPS) is 13.6. The van der Waals surface area contributed by atoms with Crippen molar-refractivity contribution < 1.29 is 9.53 Å². The summed E-state index contributed by atoms with van der Waals surface area (Å²) in [5, 5.41) is 11.7. The van der Waals surface area contributed by atoms with Crippen LogP contribution in [0.2, 0.25) is 5.04 Å². The molecule has 0 aliphatic rings. The summed E-state index contributed by atoms with van der Waals surface area (Å²) >= 11 is 0. The molecular weight excluding hydrogens is 372 g/mol. The number of aliphatic hydroxyl groups is 1. The third kappa shape index (κ3) is 6.02. The quantitative estimate of drug-likeness (QED) is 0.455. The molecule has 3 heteroatoms. The highest BCUT2D eigenvalue weighted by Gasteiger charge is 2.49. The van der Waals surface area contributed by atoms with Crippen molar-refractivity contribution in [1.82, 2.24) is 0 Å². The van der Waals surface area contributed by atoms with Gasteiger partial charge in [-0.05, 0) is 42.1 Å². The molecule has 156 valence electrons. The van der Waals surface area contributed by atoms with Gasteiger partial charge in [0.15, 0.2) is 0 Å². The van der Waals surface area contributed by atoms with E-state index in [1.165, 1.54) is 15.9 Å². The Hall–Kier alpha value is -1.94. The first kappa shape index (κ1) is 23.3. The van der Waals surface area contributed by atoms with Gasteiger partial charge in [0.2, 0.25) is 0 Å². The number of allylic oxidation sites excluding steroid dienone is 2. The summed E-state index contributed by atoms with van der Waals surface area (Å²) in [6.45, 7) is 11.8. The van der Waals surface area contributed by atoms with Crippen LogP contribution in [0.25, 0.3) is 0 Å². The lowest BCUT2D eigenvalue weighted by molar-refractivity contribution is 0.331. The lowest BCUT2D eigenvalue weighted by Gasteiger charge is -2.42. The molecule has 0 aromatic heterocycles. The van der Waals surface area contributed by atoms with Gasteiger partial charge in [0, 0.05) is 0 Å². The predicted molar refractivity (Wildman–Crippen MR) is 127 cm³/mol. The van der Waals surface area contributed by atoms with Crippen molar-refractivity contribution in [2.75, 3.05) is 13.2 Å². The van der Waals surface area contributed by atoms with E-state index in [9.17, 15) is 0 Å². The predicted octanol–water partition coefficient (Wildman–Crippen LogP) is 5.23. The summed E-state index contributed by atoms with van der Waals surface area (Å²) in [6.07, 6.45) is 6.28. The Morgan fingerprint density at radius 1 is 0.862 bits per heavy atom. The van der Waals surface area contributed by atoms with E-state index < -0.39 is 8.32 Å². The maximum atomic E-state index is 9.13. The second-order valence-corrected chi connectivity index (χ2v) is 13.1. The van der Waals surface area contributed by atoms with Gasteiger partial charge in [0.1, 0.15) is 0 Å². The number of aliphatic hydroxyl groups excluding tert-OH is 1. The van der Waals surface area contributed by atoms with E-state index in [1.807, 2.05) is 6.92 Å². The second-order valence-electron chi connectivity index (χ2n) is 8.77. The van der Waals surface area contributed by atoms with Crippen LogP contribution in [0, 0.1) is 0 Å². The molecule has 0 amide bonds. The van der Waals surface area contributed by atoms with E-state index >= 15 is 0 Å². The smallest absolute Gasteiger partial charge is 0.261 e. The highest BCUT2D eigenvalue weighted by molar-refractivity contribution is 6.99. The van der Waals surface area contributed by atoms with E-state index in [-0.39, 0.29) is 11.6 Å². The zero-order valence-corrected chi connectivity index (χ0v) is 19.6. The average Bonchev–Trinajstić information content (AvgIpc) is 2.71. The standard InChI is InChI=1S/C26H36O2Si/c1-22(13-12-14-23(2)21-27)19-20-28-29(26(3,4)5,24-15-8-6-9-16-24)25-17-10-7-11-18-25/h6-11,14-19,27H,12-13,20-21H2,1-5H3/b22-19+,23-14-. The van der Waals surface area contributed by atoms with Gasteiger partial charge in [-0.1, -0.05) is 105 Å². The van der Waals surface area contributed by atoms with Gasteiger partial charge < -0.3 is 9.53 Å². The van der Waals surface area contributed by atoms with E-state index in [1.54, 1.807) is 0 Å². The zero-order valence-electron chi connectivity index (χ0n) is 18.6. The maximum Gasteiger partial charge on any atom is 0.261 e. The molecule has 0 atom stereocenters. The minimum atomic E-state index is -2.46. The largest absolute Gasteiger partial charge is 0.404 e. The van der Waals surface area contributed by atoms with Crippen LogP contribution >= 0.6 is 0 Å². The Morgan fingerprint density at radius 3 is 1.83 bits per heavy atom. The van der Waals surface area contributed by atoms with Crippen LogP contribution < -0.4 is 10.4 Å². The van der Waals surface area contributed by atoms with Crippen LogP contribution in [0.3, 0.4) is 0 Å². The van der Waals surface area contributed by atoms with Crippen LogP contribution in [0.4, 0.5) is 0 Å². The molecule has 1 N–H and O–H groups in total. The van der Waals surface area contributed by atoms with Crippen LogP contribution in [0.5, 0.6) is 0 Å². The van der Waals surface area contributed by atoms with Gasteiger partial charge in [-0.3, -0.25) is 0 Å². The molecule has 2 nitrogen and oxygen atoms in total. The van der Waals surface area contributed by atoms with Gasteiger partial charge >= 0.3 is 0 Å². The Bertz CT molecular complexity index is 762. The summed E-state index contributed by atoms with van der Waals surface area (Å²) in [4.78, 5) is 0. The lowest BCUT2D eigenvalue weighted by Crippen LogP contribution is -2.66. The summed E-state index contributed by atoms with van der Waals surface area (Å²) < 4.78 is 6.89. The number of hydrogen-bond acceptors (Lipinski definition) is 2. The van der Waals surface area contributed by atoms with Gasteiger partial charge in [0.25, 0.3) is 8.32 Å². The molecule has 0 saturated carbocycles. The number of benzene rings is 2. The van der Waals surface area contributed by atoms with Gasteiger partial charge in [-0.15, -0.1) is 0 Å². The summed E-state index contributed by atoms with van der Waals surface area (Å²) in [5.74, 6) is 0. The molecule has 2 aromatic carbocycles. The molecule has 0 fully saturated rings. The molecule has 0 radical (unpaired) electrons. The molecular formula is C26H36O2Si. The van der Waals surface area contributed by atoms with Gasteiger partial charge in [-0.2, -0.15) is 0 Å². The maximum absolute atomic E-state index is 9.13. The fraction of sp³-hybridized carbons (Fsp3) is 0.385. The third-order valence-corrected chi connectivity index (χ3v) is 10.4. The molecule has 0 aliphatic carbocycles. The van der Waals surface area contributed by atoms with E-state index in [0.717, 1.165) is 18.4 Å². The van der Waals surface area contributed by atoms with Crippen molar-refractivity contribution in [2.24, 2.45) is 0 Å². The number of rotatable bonds is 9. The van der Waals surface area contributed by atoms with Crippen LogP contribution in [0.1, 0.15) is 47.5 Å². The minimum absolute atomic E-state index is 0.00156. The van der Waals surface area contributed by atoms with Crippen molar-refractivity contribution in [3.63, 3.8) is 0 Å². The molecule has 0 heterocycles. The molecule has 0 unspecified atom stereocenters. The van der Waals surface area contributed by atoms with Crippen molar-refractivity contribution >= 4 is 18.7 Å². The summed E-state index contributed by atoms with van der Waals surface area (Å²) in [5.41, 5.74) is 2.35. The Morgan fingerprint density at radius 2 is 1.38 bits per heavy atom. The van der Waals surface area contributed by atoms with Crippen LogP contribution in [-0.4, -0.2) is 26.6 Å². The Balaban J connectivity index is 2.31. The molecule has 2 aromatic rings. The first-order chi connectivity index (χ1) is 13.8. The molecule has 2 rings (SSSR count). The Labute approximate surface area is 178 Å². The molecule has 0 spiro atoms. The van der Waals surface area contributed by atoms with Crippen molar-refractivity contribution in [2.45, 2.75) is 52.5 Å². The second kappa shape index (κ2) is 10.7. The number of hydrogen-bond donors (Lipinski definition) is 1. The topological polar surface area (TPSA) is 29.5 Å². The van der Waals surface area contributed by atoms with Crippen molar-refractivity contribution in [3.05, 3.63) is 84.0 Å². The molecule has 0 saturated heterocycles. The lowest BCUT2D eigenvalue weighted by atomic mass is 10.1. The average molecular weight is 409 g/mol. The molecule has 0 aliphatic heterocycles. The van der Waals surface area contributed by atoms with Crippen molar-refractivity contribution in [1.29, 1.82) is 0 Å².